The van der Waals surface area contributed by atoms with Crippen molar-refractivity contribution < 1.29 is 24.2 Å². The second-order valence-corrected chi connectivity index (χ2v) is 12.5. The summed E-state index contributed by atoms with van der Waals surface area (Å²) in [6.45, 7) is -0.0162. The van der Waals surface area contributed by atoms with Crippen LogP contribution in [0.2, 0.25) is 0 Å². The number of aromatic nitrogens is 4. The zero-order valence-electron chi connectivity index (χ0n) is 26.4. The Kier molecular flexibility index (Phi) is 12.3. The minimum atomic E-state index is -0.605. The molecule has 12 nitrogen and oxygen atoms in total. The molecule has 4 aromatic rings. The molecule has 0 spiro atoms. The van der Waals surface area contributed by atoms with Crippen LogP contribution in [-0.2, 0) is 32.7 Å². The molecule has 2 heterocycles. The number of thioether (sulfide) groups is 1. The van der Waals surface area contributed by atoms with Crippen molar-refractivity contribution in [3.8, 4) is 0 Å². The maximum Gasteiger partial charge on any atom is 0.224 e. The Labute approximate surface area is 278 Å². The summed E-state index contributed by atoms with van der Waals surface area (Å²) in [6.07, 6.45) is 3.74. The van der Waals surface area contributed by atoms with Crippen molar-refractivity contribution in [2.24, 2.45) is 7.05 Å². The number of hydrogen-bond acceptors (Lipinski definition) is 10. The molecule has 0 saturated carbocycles. The van der Waals surface area contributed by atoms with E-state index in [0.717, 1.165) is 42.4 Å². The third kappa shape index (κ3) is 10.1. The molecule has 0 radical (unpaired) electrons. The van der Waals surface area contributed by atoms with E-state index in [9.17, 15) is 14.7 Å². The van der Waals surface area contributed by atoms with Gasteiger partial charge < -0.3 is 30.9 Å². The molecule has 0 bridgehead atoms. The maximum atomic E-state index is 12.6. The Morgan fingerprint density at radius 1 is 0.915 bits per heavy atom. The number of nitrogen functional groups attached to an aromatic ring is 1. The number of rotatable bonds is 15. The van der Waals surface area contributed by atoms with Crippen molar-refractivity contribution in [2.45, 2.75) is 75.2 Å². The van der Waals surface area contributed by atoms with E-state index in [4.69, 9.17) is 15.2 Å². The van der Waals surface area contributed by atoms with E-state index in [-0.39, 0.29) is 30.6 Å². The molecule has 47 heavy (non-hydrogen) atoms. The van der Waals surface area contributed by atoms with Crippen LogP contribution < -0.4 is 16.4 Å². The summed E-state index contributed by atoms with van der Waals surface area (Å²) < 4.78 is 14.4. The van der Waals surface area contributed by atoms with Gasteiger partial charge in [-0.15, -0.1) is 5.10 Å². The average molecular weight is 660 g/mol. The lowest BCUT2D eigenvalue weighted by Crippen LogP contribution is -2.31. The number of ether oxygens (including phenoxy) is 2. The van der Waals surface area contributed by atoms with Gasteiger partial charge >= 0.3 is 0 Å². The van der Waals surface area contributed by atoms with Gasteiger partial charge in [-0.25, -0.2) is 4.68 Å². The smallest absolute Gasteiger partial charge is 0.224 e. The molecule has 5 rings (SSSR count). The highest BCUT2D eigenvalue weighted by Crippen LogP contribution is 2.39. The number of nitrogens with two attached hydrogens (primary N) is 1. The summed E-state index contributed by atoms with van der Waals surface area (Å²) in [7, 11) is 1.80. The van der Waals surface area contributed by atoms with Crippen LogP contribution in [0.25, 0.3) is 0 Å². The molecule has 1 aliphatic heterocycles. The van der Waals surface area contributed by atoms with Gasteiger partial charge in [0.15, 0.2) is 6.29 Å². The second-order valence-electron chi connectivity index (χ2n) is 11.5. The zero-order valence-corrected chi connectivity index (χ0v) is 27.2. The topological polar surface area (TPSA) is 167 Å². The molecule has 13 heteroatoms. The van der Waals surface area contributed by atoms with Gasteiger partial charge in [0.05, 0.1) is 30.2 Å². The van der Waals surface area contributed by atoms with Crippen LogP contribution in [0.1, 0.15) is 74.0 Å². The molecule has 0 unspecified atom stereocenters. The van der Waals surface area contributed by atoms with E-state index >= 15 is 0 Å². The van der Waals surface area contributed by atoms with Crippen molar-refractivity contribution in [1.82, 2.24) is 20.2 Å². The third-order valence-electron chi connectivity index (χ3n) is 7.85. The number of tetrazole rings is 1. The van der Waals surface area contributed by atoms with Crippen LogP contribution in [0.15, 0.2) is 78.0 Å². The second kappa shape index (κ2) is 17.0. The molecule has 3 aromatic carbocycles. The number of nitrogens with zero attached hydrogens (tertiary/aromatic N) is 4. The Hall–Kier alpha value is -4.30. The Bertz CT molecular complexity index is 1600. The number of aryl methyl sites for hydroxylation is 1. The molecule has 3 atom stereocenters. The lowest BCUT2D eigenvalue weighted by atomic mass is 10.0. The van der Waals surface area contributed by atoms with Crippen molar-refractivity contribution in [3.05, 3.63) is 89.5 Å². The minimum absolute atomic E-state index is 0.0162. The highest BCUT2D eigenvalue weighted by Gasteiger charge is 2.32. The fourth-order valence-electron chi connectivity index (χ4n) is 5.23. The van der Waals surface area contributed by atoms with Crippen molar-refractivity contribution in [2.75, 3.05) is 22.1 Å². The Morgan fingerprint density at radius 2 is 1.60 bits per heavy atom. The van der Waals surface area contributed by atoms with Crippen LogP contribution in [-0.4, -0.2) is 49.0 Å². The van der Waals surface area contributed by atoms with Gasteiger partial charge in [0.1, 0.15) is 0 Å². The summed E-state index contributed by atoms with van der Waals surface area (Å²) in [6, 6.07) is 22.5. The molecule has 1 saturated heterocycles. The Balaban J connectivity index is 1.08. The third-order valence-corrected chi connectivity index (χ3v) is 9.00. The normalized spacial score (nSPS) is 17.7. The molecule has 1 fully saturated rings. The average Bonchev–Trinajstić information content (AvgIpc) is 3.51. The molecule has 248 valence electrons. The number of hydrogen-bond donors (Lipinski definition) is 4. The highest BCUT2D eigenvalue weighted by molar-refractivity contribution is 7.99. The summed E-state index contributed by atoms with van der Waals surface area (Å²) in [4.78, 5) is 24.8. The van der Waals surface area contributed by atoms with Crippen LogP contribution in [0.5, 0.6) is 0 Å². The molecule has 2 amide bonds. The SMILES string of the molecule is Cn1nnnc1SC[C@H]1C[C@@H](c2ccc(CO)cc2)O[C@@H](c2ccc(NC(=O)CCCCCCC(=O)Nc3ccccc3N)cc2)O1. The fraction of sp³-hybridized carbons (Fsp3) is 0.382. The molecular weight excluding hydrogens is 618 g/mol. The number of para-hydroxylation sites is 2. The van der Waals surface area contributed by atoms with Gasteiger partial charge in [-0.1, -0.05) is 73.1 Å². The number of benzene rings is 3. The van der Waals surface area contributed by atoms with Crippen LogP contribution in [0.3, 0.4) is 0 Å². The molecular formula is C34H41N7O5S. The first kappa shape index (κ1) is 34.0. The first-order valence-corrected chi connectivity index (χ1v) is 16.8. The van der Waals surface area contributed by atoms with Crippen LogP contribution in [0.4, 0.5) is 17.1 Å². The van der Waals surface area contributed by atoms with Gasteiger partial charge in [0.2, 0.25) is 17.0 Å². The van der Waals surface area contributed by atoms with Gasteiger partial charge in [-0.2, -0.15) is 0 Å². The first-order chi connectivity index (χ1) is 22.9. The number of unbranched alkanes of at least 4 members (excludes halogenated alkanes) is 3. The van der Waals surface area contributed by atoms with Crippen molar-refractivity contribution >= 4 is 40.6 Å². The standard InChI is InChI=1S/C34H41N7O5S/c1-41-34(38-39-40-41)47-22-27-20-30(24-14-12-23(21-42)13-15-24)46-33(45-27)25-16-18-26(19-17-25)36-31(43)10-4-2-3-5-11-32(44)37-29-9-7-6-8-28(29)35/h6-9,12-19,27,30,33,42H,2-5,10-11,20-22,35H2,1H3,(H,36,43)(H,37,44)/t27-,30+,33+/m1/s1. The fourth-order valence-corrected chi connectivity index (χ4v) is 6.10. The molecule has 1 aliphatic rings. The minimum Gasteiger partial charge on any atom is -0.397 e. The number of aliphatic hydroxyl groups excluding tert-OH is 1. The largest absolute Gasteiger partial charge is 0.397 e. The molecule has 0 aliphatic carbocycles. The van der Waals surface area contributed by atoms with E-state index in [1.807, 2.05) is 60.7 Å². The maximum absolute atomic E-state index is 12.6. The van der Waals surface area contributed by atoms with Crippen molar-refractivity contribution in [3.63, 3.8) is 0 Å². The van der Waals surface area contributed by atoms with Crippen LogP contribution in [0, 0.1) is 0 Å². The number of carbonyl (C=O) groups excluding carboxylic acids is 2. The lowest BCUT2D eigenvalue weighted by molar-refractivity contribution is -0.245. The first-order valence-electron chi connectivity index (χ1n) is 15.8. The van der Waals surface area contributed by atoms with Gasteiger partial charge in [-0.3, -0.25) is 9.59 Å². The zero-order chi connectivity index (χ0) is 33.0. The summed E-state index contributed by atoms with van der Waals surface area (Å²) in [5.41, 5.74) is 10.4. The summed E-state index contributed by atoms with van der Waals surface area (Å²) in [5, 5.41) is 27.6. The highest BCUT2D eigenvalue weighted by atomic mass is 32.2. The number of aliphatic hydroxyl groups is 1. The summed E-state index contributed by atoms with van der Waals surface area (Å²) >= 11 is 1.53. The van der Waals surface area contributed by atoms with E-state index in [2.05, 4.69) is 26.2 Å². The van der Waals surface area contributed by atoms with Gasteiger partial charge in [0, 0.05) is 43.3 Å². The van der Waals surface area contributed by atoms with E-state index < -0.39 is 6.29 Å². The van der Waals surface area contributed by atoms with E-state index in [0.29, 0.717) is 47.2 Å². The Morgan fingerprint density at radius 3 is 2.26 bits per heavy atom. The van der Waals surface area contributed by atoms with Gasteiger partial charge in [-0.05, 0) is 58.7 Å². The van der Waals surface area contributed by atoms with E-state index in [1.54, 1.807) is 23.9 Å². The number of amides is 2. The van der Waals surface area contributed by atoms with E-state index in [1.165, 1.54) is 11.8 Å². The number of carbonyl (C=O) groups is 2. The molecule has 5 N–H and O–H groups in total. The quantitative estimate of drug-likeness (QED) is 0.0723. The number of nitrogens with one attached hydrogen (secondary N) is 2. The lowest BCUT2D eigenvalue weighted by Gasteiger charge is -2.36. The number of anilines is 3. The van der Waals surface area contributed by atoms with Gasteiger partial charge in [0.25, 0.3) is 0 Å². The monoisotopic (exact) mass is 659 g/mol. The predicted octanol–water partition coefficient (Wildman–Crippen LogP) is 5.54. The predicted molar refractivity (Wildman–Crippen MR) is 180 cm³/mol. The summed E-state index contributed by atoms with van der Waals surface area (Å²) in [5.74, 6) is 0.528. The van der Waals surface area contributed by atoms with Crippen LogP contribution >= 0.6 is 11.8 Å². The van der Waals surface area contributed by atoms with Crippen molar-refractivity contribution in [1.29, 1.82) is 0 Å². The molecule has 1 aromatic heterocycles.